The third kappa shape index (κ3) is 3.02. The van der Waals surface area contributed by atoms with Gasteiger partial charge in [0.05, 0.1) is 4.92 Å². The topological polar surface area (TPSA) is 67.2 Å². The van der Waals surface area contributed by atoms with Crippen LogP contribution in [-0.2, 0) is 0 Å². The molecule has 2 N–H and O–H groups in total. The summed E-state index contributed by atoms with van der Waals surface area (Å²) < 4.78 is 0. The molecule has 0 amide bonds. The molecule has 0 bridgehead atoms. The average Bonchev–Trinajstić information content (AvgIpc) is 2.19. The van der Waals surface area contributed by atoms with E-state index >= 15 is 0 Å². The Labute approximate surface area is 82.3 Å². The normalized spacial score (nSPS) is 9.79. The van der Waals surface area contributed by atoms with E-state index in [0.717, 1.165) is 18.8 Å². The minimum atomic E-state index is -0.400. The fourth-order valence-corrected chi connectivity index (χ4v) is 1.06. The first kappa shape index (κ1) is 10.5. The van der Waals surface area contributed by atoms with Crippen LogP contribution < -0.4 is 10.6 Å². The van der Waals surface area contributed by atoms with Crippen molar-refractivity contribution in [3.63, 3.8) is 0 Å². The highest BCUT2D eigenvalue weighted by molar-refractivity contribution is 5.50. The van der Waals surface area contributed by atoms with Crippen LogP contribution in [0.5, 0.6) is 0 Å². The molecular formula is C9H13N3O2. The monoisotopic (exact) mass is 195 g/mol. The Morgan fingerprint density at radius 3 is 2.86 bits per heavy atom. The highest BCUT2D eigenvalue weighted by Crippen LogP contribution is 2.16. The molecule has 1 aromatic carbocycles. The molecule has 0 spiro atoms. The summed E-state index contributed by atoms with van der Waals surface area (Å²) in [6, 6.07) is 6.47. The maximum atomic E-state index is 10.4. The van der Waals surface area contributed by atoms with Gasteiger partial charge in [-0.25, -0.2) is 0 Å². The standard InChI is InChI=1S/C9H13N3O2/c1-10-5-6-11-8-3-2-4-9(7-8)12(13)14/h2-4,7,10-11H,5-6H2,1H3. The Kier molecular flexibility index (Phi) is 3.87. The number of non-ortho nitro benzene ring substituents is 1. The van der Waals surface area contributed by atoms with Gasteiger partial charge in [0.1, 0.15) is 0 Å². The molecule has 0 radical (unpaired) electrons. The number of hydrogen-bond acceptors (Lipinski definition) is 4. The first-order valence-corrected chi connectivity index (χ1v) is 4.37. The number of nitro benzene ring substituents is 1. The number of nitro groups is 1. The molecule has 0 fully saturated rings. The molecule has 0 aliphatic rings. The van der Waals surface area contributed by atoms with E-state index in [1.54, 1.807) is 6.07 Å². The Morgan fingerprint density at radius 2 is 2.21 bits per heavy atom. The lowest BCUT2D eigenvalue weighted by Crippen LogP contribution is -2.17. The summed E-state index contributed by atoms with van der Waals surface area (Å²) in [5, 5.41) is 16.5. The van der Waals surface area contributed by atoms with E-state index in [1.165, 1.54) is 12.1 Å². The van der Waals surface area contributed by atoms with E-state index in [0.29, 0.717) is 0 Å². The Balaban J connectivity index is 2.59. The van der Waals surface area contributed by atoms with Crippen molar-refractivity contribution in [2.45, 2.75) is 0 Å². The van der Waals surface area contributed by atoms with Gasteiger partial charge in [-0.1, -0.05) is 6.07 Å². The molecule has 0 atom stereocenters. The lowest BCUT2D eigenvalue weighted by Gasteiger charge is -2.04. The molecule has 14 heavy (non-hydrogen) atoms. The van der Waals surface area contributed by atoms with E-state index < -0.39 is 4.92 Å². The van der Waals surface area contributed by atoms with Crippen molar-refractivity contribution in [2.24, 2.45) is 0 Å². The third-order valence-corrected chi connectivity index (χ3v) is 1.76. The Bertz CT molecular complexity index is 315. The zero-order valence-electron chi connectivity index (χ0n) is 7.99. The van der Waals surface area contributed by atoms with E-state index in [1.807, 2.05) is 13.1 Å². The largest absolute Gasteiger partial charge is 0.384 e. The molecule has 5 nitrogen and oxygen atoms in total. The van der Waals surface area contributed by atoms with Gasteiger partial charge in [0.2, 0.25) is 0 Å². The van der Waals surface area contributed by atoms with Crippen molar-refractivity contribution in [3.05, 3.63) is 34.4 Å². The number of benzene rings is 1. The molecule has 0 aliphatic heterocycles. The summed E-state index contributed by atoms with van der Waals surface area (Å²) in [6.07, 6.45) is 0. The highest BCUT2D eigenvalue weighted by Gasteiger charge is 2.04. The number of anilines is 1. The van der Waals surface area contributed by atoms with Crippen LogP contribution in [0.25, 0.3) is 0 Å². The fourth-order valence-electron chi connectivity index (χ4n) is 1.06. The predicted molar refractivity (Wildman–Crippen MR) is 55.5 cm³/mol. The van der Waals surface area contributed by atoms with Crippen LogP contribution in [0.1, 0.15) is 0 Å². The number of nitrogens with zero attached hydrogens (tertiary/aromatic N) is 1. The van der Waals surface area contributed by atoms with Crippen molar-refractivity contribution in [1.29, 1.82) is 0 Å². The predicted octanol–water partition coefficient (Wildman–Crippen LogP) is 1.23. The molecule has 0 aliphatic carbocycles. The van der Waals surface area contributed by atoms with Crippen molar-refractivity contribution in [2.75, 3.05) is 25.5 Å². The minimum Gasteiger partial charge on any atom is -0.384 e. The van der Waals surface area contributed by atoms with Gasteiger partial charge in [-0.05, 0) is 13.1 Å². The van der Waals surface area contributed by atoms with Crippen LogP contribution in [0.3, 0.4) is 0 Å². The van der Waals surface area contributed by atoms with E-state index in [2.05, 4.69) is 10.6 Å². The maximum absolute atomic E-state index is 10.4. The quantitative estimate of drug-likeness (QED) is 0.421. The number of hydrogen-bond donors (Lipinski definition) is 2. The third-order valence-electron chi connectivity index (χ3n) is 1.76. The fraction of sp³-hybridized carbons (Fsp3) is 0.333. The average molecular weight is 195 g/mol. The molecule has 0 heterocycles. The lowest BCUT2D eigenvalue weighted by molar-refractivity contribution is -0.384. The molecular weight excluding hydrogens is 182 g/mol. The smallest absolute Gasteiger partial charge is 0.271 e. The number of rotatable bonds is 5. The summed E-state index contributed by atoms with van der Waals surface area (Å²) >= 11 is 0. The summed E-state index contributed by atoms with van der Waals surface area (Å²) in [4.78, 5) is 10.0. The van der Waals surface area contributed by atoms with Crippen LogP contribution in [0, 0.1) is 10.1 Å². The van der Waals surface area contributed by atoms with Gasteiger partial charge >= 0.3 is 0 Å². The Morgan fingerprint density at radius 1 is 1.43 bits per heavy atom. The van der Waals surface area contributed by atoms with Crippen LogP contribution in [0.4, 0.5) is 11.4 Å². The summed E-state index contributed by atoms with van der Waals surface area (Å²) in [6.45, 7) is 1.57. The minimum absolute atomic E-state index is 0.111. The van der Waals surface area contributed by atoms with Crippen molar-refractivity contribution in [1.82, 2.24) is 5.32 Å². The molecule has 0 saturated carbocycles. The molecule has 76 valence electrons. The SMILES string of the molecule is CNCCNc1cccc([N+](=O)[O-])c1. The molecule has 5 heteroatoms. The Hall–Kier alpha value is -1.62. The zero-order chi connectivity index (χ0) is 10.4. The van der Waals surface area contributed by atoms with Gasteiger partial charge in [-0.3, -0.25) is 10.1 Å². The van der Waals surface area contributed by atoms with Gasteiger partial charge in [0.25, 0.3) is 5.69 Å². The zero-order valence-corrected chi connectivity index (χ0v) is 7.99. The van der Waals surface area contributed by atoms with Crippen LogP contribution >= 0.6 is 0 Å². The second-order valence-corrected chi connectivity index (χ2v) is 2.84. The second-order valence-electron chi connectivity index (χ2n) is 2.84. The van der Waals surface area contributed by atoms with E-state index in [-0.39, 0.29) is 5.69 Å². The van der Waals surface area contributed by atoms with Crippen LogP contribution in [0.2, 0.25) is 0 Å². The van der Waals surface area contributed by atoms with E-state index in [9.17, 15) is 10.1 Å². The molecule has 1 rings (SSSR count). The molecule has 1 aromatic rings. The summed E-state index contributed by atoms with van der Waals surface area (Å²) in [5.41, 5.74) is 0.883. The lowest BCUT2D eigenvalue weighted by atomic mass is 10.3. The van der Waals surface area contributed by atoms with Gasteiger partial charge in [0, 0.05) is 30.9 Å². The van der Waals surface area contributed by atoms with Crippen LogP contribution in [0.15, 0.2) is 24.3 Å². The van der Waals surface area contributed by atoms with Gasteiger partial charge < -0.3 is 10.6 Å². The van der Waals surface area contributed by atoms with Crippen molar-refractivity contribution < 1.29 is 4.92 Å². The summed E-state index contributed by atoms with van der Waals surface area (Å²) in [5.74, 6) is 0. The van der Waals surface area contributed by atoms with Crippen molar-refractivity contribution >= 4 is 11.4 Å². The van der Waals surface area contributed by atoms with Crippen LogP contribution in [-0.4, -0.2) is 25.1 Å². The maximum Gasteiger partial charge on any atom is 0.271 e. The summed E-state index contributed by atoms with van der Waals surface area (Å²) in [7, 11) is 1.86. The first-order chi connectivity index (χ1) is 6.74. The van der Waals surface area contributed by atoms with Gasteiger partial charge in [-0.2, -0.15) is 0 Å². The molecule has 0 aromatic heterocycles. The first-order valence-electron chi connectivity index (χ1n) is 4.37. The van der Waals surface area contributed by atoms with Gasteiger partial charge in [-0.15, -0.1) is 0 Å². The van der Waals surface area contributed by atoms with Crippen molar-refractivity contribution in [3.8, 4) is 0 Å². The second kappa shape index (κ2) is 5.18. The molecule has 0 unspecified atom stereocenters. The highest BCUT2D eigenvalue weighted by atomic mass is 16.6. The van der Waals surface area contributed by atoms with Gasteiger partial charge in [0.15, 0.2) is 0 Å². The molecule has 0 saturated heterocycles. The van der Waals surface area contributed by atoms with E-state index in [4.69, 9.17) is 0 Å². The number of likely N-dealkylation sites (N-methyl/N-ethyl adjacent to an activating group) is 1. The number of nitrogens with one attached hydrogen (secondary N) is 2.